The van der Waals surface area contributed by atoms with Crippen LogP contribution in [-0.2, 0) is 11.8 Å². The first-order valence-corrected chi connectivity index (χ1v) is 7.29. The van der Waals surface area contributed by atoms with Crippen LogP contribution in [0.25, 0.3) is 0 Å². The number of aliphatic hydroxyl groups is 1. The Morgan fingerprint density at radius 3 is 2.85 bits per heavy atom. The van der Waals surface area contributed by atoms with E-state index in [0.29, 0.717) is 28.4 Å². The van der Waals surface area contributed by atoms with E-state index >= 15 is 0 Å². The summed E-state index contributed by atoms with van der Waals surface area (Å²) < 4.78 is 6.85. The number of halogens is 2. The summed E-state index contributed by atoms with van der Waals surface area (Å²) in [6, 6.07) is 1.50. The zero-order valence-electron chi connectivity index (χ0n) is 11.2. The van der Waals surface area contributed by atoms with Gasteiger partial charge >= 0.3 is 0 Å². The lowest BCUT2D eigenvalue weighted by atomic mass is 10.3. The van der Waals surface area contributed by atoms with Crippen LogP contribution in [0, 0.1) is 5.92 Å². The molecule has 0 spiro atoms. The third-order valence-corrected chi connectivity index (χ3v) is 4.05. The number of hydrogen-bond acceptors (Lipinski definition) is 3. The van der Waals surface area contributed by atoms with E-state index in [1.165, 1.54) is 23.5 Å². The highest BCUT2D eigenvalue weighted by Gasteiger charge is 2.22. The Kier molecular flexibility index (Phi) is 5.32. The van der Waals surface area contributed by atoms with E-state index in [9.17, 15) is 9.90 Å². The molecule has 1 unspecified atom stereocenters. The Morgan fingerprint density at radius 1 is 1.60 bits per heavy atom. The van der Waals surface area contributed by atoms with Gasteiger partial charge in [0.05, 0.1) is 17.7 Å². The molecule has 2 N–H and O–H groups in total. The summed E-state index contributed by atoms with van der Waals surface area (Å²) in [5.41, 5.74) is 0.353. The first-order chi connectivity index (χ1) is 9.49. The van der Waals surface area contributed by atoms with E-state index in [4.69, 9.17) is 27.9 Å². The van der Waals surface area contributed by atoms with Crippen LogP contribution in [0.4, 0.5) is 0 Å². The molecule has 1 saturated carbocycles. The molecule has 0 bridgehead atoms. The number of amides is 1. The fourth-order valence-electron chi connectivity index (χ4n) is 1.78. The summed E-state index contributed by atoms with van der Waals surface area (Å²) in [6.45, 7) is 1.05. The van der Waals surface area contributed by atoms with E-state index in [-0.39, 0.29) is 19.1 Å². The van der Waals surface area contributed by atoms with Crippen LogP contribution in [0.15, 0.2) is 6.07 Å². The van der Waals surface area contributed by atoms with Gasteiger partial charge in [-0.1, -0.05) is 23.2 Å². The number of aliphatic hydroxyl groups excluding tert-OH is 1. The van der Waals surface area contributed by atoms with Crippen molar-refractivity contribution in [1.82, 2.24) is 9.88 Å². The minimum absolute atomic E-state index is 0.129. The van der Waals surface area contributed by atoms with E-state index < -0.39 is 6.10 Å². The molecule has 1 aromatic heterocycles. The summed E-state index contributed by atoms with van der Waals surface area (Å²) in [4.78, 5) is 11.9. The lowest BCUT2D eigenvalue weighted by Crippen LogP contribution is -2.35. The summed E-state index contributed by atoms with van der Waals surface area (Å²) in [6.07, 6.45) is 1.70. The zero-order valence-corrected chi connectivity index (χ0v) is 12.7. The fourth-order valence-corrected chi connectivity index (χ4v) is 2.15. The smallest absolute Gasteiger partial charge is 0.268 e. The number of carbonyl (C=O) groups is 1. The maximum absolute atomic E-state index is 11.9. The minimum Gasteiger partial charge on any atom is -0.389 e. The lowest BCUT2D eigenvalue weighted by Gasteiger charge is -2.12. The van der Waals surface area contributed by atoms with Gasteiger partial charge in [0.1, 0.15) is 10.8 Å². The Labute approximate surface area is 127 Å². The summed E-state index contributed by atoms with van der Waals surface area (Å²) in [7, 11) is 1.65. The Bertz CT molecular complexity index is 486. The maximum Gasteiger partial charge on any atom is 0.268 e. The zero-order chi connectivity index (χ0) is 14.7. The van der Waals surface area contributed by atoms with Gasteiger partial charge in [-0.05, 0) is 24.8 Å². The largest absolute Gasteiger partial charge is 0.389 e. The third-order valence-electron chi connectivity index (χ3n) is 3.21. The van der Waals surface area contributed by atoms with Gasteiger partial charge in [-0.15, -0.1) is 0 Å². The molecular weight excluding hydrogens is 303 g/mol. The Morgan fingerprint density at radius 2 is 2.30 bits per heavy atom. The number of nitrogens with zero attached hydrogens (tertiary/aromatic N) is 1. The number of hydrogen-bond donors (Lipinski definition) is 2. The molecule has 5 nitrogen and oxygen atoms in total. The number of ether oxygens (including phenoxy) is 1. The Balaban J connectivity index is 1.74. The highest BCUT2D eigenvalue weighted by molar-refractivity contribution is 6.41. The van der Waals surface area contributed by atoms with Crippen molar-refractivity contribution in [2.24, 2.45) is 13.0 Å². The molecule has 1 heterocycles. The molecule has 1 amide bonds. The van der Waals surface area contributed by atoms with Crippen LogP contribution in [0.1, 0.15) is 23.3 Å². The molecule has 7 heteroatoms. The van der Waals surface area contributed by atoms with Crippen LogP contribution < -0.4 is 5.32 Å². The van der Waals surface area contributed by atoms with Gasteiger partial charge in [-0.2, -0.15) is 0 Å². The first-order valence-electron chi connectivity index (χ1n) is 6.53. The lowest BCUT2D eigenvalue weighted by molar-refractivity contribution is 0.0320. The van der Waals surface area contributed by atoms with E-state index in [1.54, 1.807) is 7.05 Å². The summed E-state index contributed by atoms with van der Waals surface area (Å²) in [5.74, 6) is 0.326. The number of aromatic nitrogens is 1. The average Bonchev–Trinajstić information content (AvgIpc) is 3.20. The Hall–Kier alpha value is -0.750. The predicted octanol–water partition coefficient (Wildman–Crippen LogP) is 1.85. The van der Waals surface area contributed by atoms with Gasteiger partial charge in [0.2, 0.25) is 0 Å². The molecule has 1 aliphatic rings. The van der Waals surface area contributed by atoms with Gasteiger partial charge in [0.15, 0.2) is 0 Å². The standard InChI is InChI=1S/C13H18Cl2N2O3/c1-17-11(4-10(14)12(17)15)13(19)16-5-9(18)7-20-6-8-2-3-8/h4,8-9,18H,2-3,5-7H2,1H3,(H,16,19). The molecule has 0 radical (unpaired) electrons. The van der Waals surface area contributed by atoms with Crippen LogP contribution >= 0.6 is 23.2 Å². The SMILES string of the molecule is Cn1c(C(=O)NCC(O)COCC2CC2)cc(Cl)c1Cl. The molecule has 0 aromatic carbocycles. The molecule has 2 rings (SSSR count). The number of rotatable bonds is 7. The van der Waals surface area contributed by atoms with Crippen LogP contribution in [0.3, 0.4) is 0 Å². The van der Waals surface area contributed by atoms with Crippen molar-refractivity contribution in [1.29, 1.82) is 0 Å². The normalized spacial score (nSPS) is 16.2. The van der Waals surface area contributed by atoms with Crippen molar-refractivity contribution in [2.45, 2.75) is 18.9 Å². The average molecular weight is 321 g/mol. The van der Waals surface area contributed by atoms with Gasteiger partial charge in [0.25, 0.3) is 5.91 Å². The maximum atomic E-state index is 11.9. The molecule has 112 valence electrons. The highest BCUT2D eigenvalue weighted by Crippen LogP contribution is 2.28. The third kappa shape index (κ3) is 4.12. The second kappa shape index (κ2) is 6.80. The summed E-state index contributed by atoms with van der Waals surface area (Å²) >= 11 is 11.7. The fraction of sp³-hybridized carbons (Fsp3) is 0.615. The number of carbonyl (C=O) groups excluding carboxylic acids is 1. The van der Waals surface area contributed by atoms with Crippen molar-refractivity contribution >= 4 is 29.1 Å². The topological polar surface area (TPSA) is 63.5 Å². The molecule has 1 fully saturated rings. The van der Waals surface area contributed by atoms with Crippen molar-refractivity contribution in [3.8, 4) is 0 Å². The molecule has 20 heavy (non-hydrogen) atoms. The van der Waals surface area contributed by atoms with Gasteiger partial charge in [-0.3, -0.25) is 4.79 Å². The predicted molar refractivity (Wildman–Crippen MR) is 77.3 cm³/mol. The van der Waals surface area contributed by atoms with E-state index in [0.717, 1.165) is 0 Å². The minimum atomic E-state index is -0.719. The molecule has 1 aromatic rings. The molecule has 0 saturated heterocycles. The second-order valence-electron chi connectivity index (χ2n) is 5.07. The van der Waals surface area contributed by atoms with Crippen molar-refractivity contribution in [3.63, 3.8) is 0 Å². The second-order valence-corrected chi connectivity index (χ2v) is 5.84. The molecule has 1 atom stereocenters. The van der Waals surface area contributed by atoms with Gasteiger partial charge < -0.3 is 19.7 Å². The van der Waals surface area contributed by atoms with Crippen LogP contribution in [-0.4, -0.2) is 41.4 Å². The quantitative estimate of drug-likeness (QED) is 0.806. The van der Waals surface area contributed by atoms with Crippen molar-refractivity contribution in [2.75, 3.05) is 19.8 Å². The van der Waals surface area contributed by atoms with Gasteiger partial charge in [0, 0.05) is 20.2 Å². The number of nitrogens with one attached hydrogen (secondary N) is 1. The van der Waals surface area contributed by atoms with Crippen LogP contribution in [0.2, 0.25) is 10.2 Å². The molecular formula is C13H18Cl2N2O3. The van der Waals surface area contributed by atoms with E-state index in [1.807, 2.05) is 0 Å². The van der Waals surface area contributed by atoms with Crippen molar-refractivity contribution in [3.05, 3.63) is 21.9 Å². The van der Waals surface area contributed by atoms with E-state index in [2.05, 4.69) is 5.32 Å². The molecule has 0 aliphatic heterocycles. The van der Waals surface area contributed by atoms with Gasteiger partial charge in [-0.25, -0.2) is 0 Å². The monoisotopic (exact) mass is 320 g/mol. The highest BCUT2D eigenvalue weighted by atomic mass is 35.5. The summed E-state index contributed by atoms with van der Waals surface area (Å²) in [5, 5.41) is 13.0. The van der Waals surface area contributed by atoms with Crippen molar-refractivity contribution < 1.29 is 14.6 Å². The molecule has 1 aliphatic carbocycles. The van der Waals surface area contributed by atoms with Crippen LogP contribution in [0.5, 0.6) is 0 Å². The first kappa shape index (κ1) is 15.6.